The highest BCUT2D eigenvalue weighted by atomic mass is 35.5. The quantitative estimate of drug-likeness (QED) is 0.401. The molecule has 136 valence electrons. The van der Waals surface area contributed by atoms with E-state index in [1.807, 2.05) is 0 Å². The van der Waals surface area contributed by atoms with Crippen LogP contribution >= 0.6 is 24.2 Å². The summed E-state index contributed by atoms with van der Waals surface area (Å²) in [5, 5.41) is 22.2. The summed E-state index contributed by atoms with van der Waals surface area (Å²) in [4.78, 5) is 23.3. The number of nitro benzene ring substituents is 1. The van der Waals surface area contributed by atoms with Crippen molar-refractivity contribution in [1.29, 1.82) is 0 Å². The minimum Gasteiger partial charge on any atom is -0.352 e. The molecule has 0 aliphatic carbocycles. The van der Waals surface area contributed by atoms with Crippen molar-refractivity contribution in [2.75, 3.05) is 13.1 Å². The summed E-state index contributed by atoms with van der Waals surface area (Å²) in [5.74, 6) is -0.342. The number of hydrogen-bond donors (Lipinski definition) is 2. The van der Waals surface area contributed by atoms with E-state index in [-0.39, 0.29) is 29.6 Å². The SMILES string of the molecule is Cl.Cn1cnnc1Sc1ccc(C(=O)NCCCCN)cc1[N+](=O)[O-]. The summed E-state index contributed by atoms with van der Waals surface area (Å²) in [6.45, 7) is 1.05. The molecule has 1 amide bonds. The van der Waals surface area contributed by atoms with E-state index in [1.54, 1.807) is 23.7 Å². The molecule has 1 aromatic carbocycles. The minimum atomic E-state index is -0.510. The Labute approximate surface area is 154 Å². The van der Waals surface area contributed by atoms with Gasteiger partial charge in [-0.2, -0.15) is 0 Å². The van der Waals surface area contributed by atoms with Crippen molar-refractivity contribution in [3.63, 3.8) is 0 Å². The van der Waals surface area contributed by atoms with Crippen molar-refractivity contribution < 1.29 is 9.72 Å². The van der Waals surface area contributed by atoms with Crippen LogP contribution in [0.15, 0.2) is 34.6 Å². The van der Waals surface area contributed by atoms with E-state index in [9.17, 15) is 14.9 Å². The van der Waals surface area contributed by atoms with Gasteiger partial charge in [0.1, 0.15) is 6.33 Å². The van der Waals surface area contributed by atoms with Gasteiger partial charge in [0.05, 0.1) is 9.82 Å². The zero-order valence-electron chi connectivity index (χ0n) is 13.5. The van der Waals surface area contributed by atoms with Gasteiger partial charge in [-0.05, 0) is 43.3 Å². The number of aryl methyl sites for hydroxylation is 1. The summed E-state index contributed by atoms with van der Waals surface area (Å²) < 4.78 is 1.66. The van der Waals surface area contributed by atoms with Gasteiger partial charge >= 0.3 is 0 Å². The number of hydrogen-bond acceptors (Lipinski definition) is 7. The van der Waals surface area contributed by atoms with Crippen LogP contribution in [0.2, 0.25) is 0 Å². The van der Waals surface area contributed by atoms with Crippen molar-refractivity contribution >= 4 is 35.8 Å². The van der Waals surface area contributed by atoms with Crippen LogP contribution in [-0.2, 0) is 7.05 Å². The van der Waals surface area contributed by atoms with E-state index in [0.717, 1.165) is 24.6 Å². The average molecular weight is 387 g/mol. The third kappa shape index (κ3) is 5.69. The fourth-order valence-corrected chi connectivity index (χ4v) is 2.77. The highest BCUT2D eigenvalue weighted by Gasteiger charge is 2.19. The van der Waals surface area contributed by atoms with Crippen LogP contribution < -0.4 is 11.1 Å². The zero-order valence-corrected chi connectivity index (χ0v) is 15.2. The van der Waals surface area contributed by atoms with Gasteiger partial charge in [-0.1, -0.05) is 0 Å². The highest BCUT2D eigenvalue weighted by Crippen LogP contribution is 2.34. The fourth-order valence-electron chi connectivity index (χ4n) is 1.92. The Morgan fingerprint density at radius 1 is 1.44 bits per heavy atom. The number of rotatable bonds is 8. The van der Waals surface area contributed by atoms with Gasteiger partial charge in [-0.3, -0.25) is 14.9 Å². The molecule has 0 saturated heterocycles. The van der Waals surface area contributed by atoms with Crippen molar-refractivity contribution in [3.05, 3.63) is 40.2 Å². The second-order valence-electron chi connectivity index (χ2n) is 5.02. The number of nitrogens with two attached hydrogens (primary N) is 1. The minimum absolute atomic E-state index is 0. The Bertz CT molecular complexity index is 739. The number of nitrogens with one attached hydrogen (secondary N) is 1. The van der Waals surface area contributed by atoms with E-state index in [2.05, 4.69) is 15.5 Å². The maximum absolute atomic E-state index is 12.1. The molecule has 0 aliphatic heterocycles. The lowest BCUT2D eigenvalue weighted by Gasteiger charge is -2.07. The van der Waals surface area contributed by atoms with Crippen molar-refractivity contribution in [2.45, 2.75) is 22.9 Å². The van der Waals surface area contributed by atoms with Gasteiger partial charge in [-0.25, -0.2) is 0 Å². The Morgan fingerprint density at radius 2 is 2.20 bits per heavy atom. The van der Waals surface area contributed by atoms with E-state index in [0.29, 0.717) is 23.1 Å². The van der Waals surface area contributed by atoms with E-state index >= 15 is 0 Å². The van der Waals surface area contributed by atoms with Crippen LogP contribution in [0.25, 0.3) is 0 Å². The van der Waals surface area contributed by atoms with Gasteiger partial charge in [0.15, 0.2) is 5.16 Å². The number of unbranched alkanes of at least 4 members (excludes halogenated alkanes) is 1. The number of aromatic nitrogens is 3. The summed E-state index contributed by atoms with van der Waals surface area (Å²) in [6, 6.07) is 4.38. The van der Waals surface area contributed by atoms with Gasteiger partial charge in [0, 0.05) is 25.2 Å². The average Bonchev–Trinajstić information content (AvgIpc) is 2.96. The van der Waals surface area contributed by atoms with Crippen LogP contribution in [-0.4, -0.2) is 38.7 Å². The van der Waals surface area contributed by atoms with Crippen molar-refractivity contribution in [1.82, 2.24) is 20.1 Å². The summed E-state index contributed by atoms with van der Waals surface area (Å²) in [5.41, 5.74) is 5.50. The molecule has 0 aliphatic rings. The largest absolute Gasteiger partial charge is 0.352 e. The molecule has 25 heavy (non-hydrogen) atoms. The van der Waals surface area contributed by atoms with Crippen LogP contribution in [0.3, 0.4) is 0 Å². The second kappa shape index (κ2) is 9.97. The van der Waals surface area contributed by atoms with Crippen LogP contribution in [0.4, 0.5) is 5.69 Å². The number of carbonyl (C=O) groups is 1. The number of halogens is 1. The zero-order chi connectivity index (χ0) is 17.5. The van der Waals surface area contributed by atoms with Gasteiger partial charge in [-0.15, -0.1) is 22.6 Å². The number of amides is 1. The lowest BCUT2D eigenvalue weighted by atomic mass is 10.2. The van der Waals surface area contributed by atoms with Crippen LogP contribution in [0.1, 0.15) is 23.2 Å². The lowest BCUT2D eigenvalue weighted by molar-refractivity contribution is -0.387. The number of benzene rings is 1. The van der Waals surface area contributed by atoms with E-state index in [1.165, 1.54) is 12.4 Å². The van der Waals surface area contributed by atoms with E-state index < -0.39 is 4.92 Å². The molecule has 0 fully saturated rings. The molecule has 0 saturated carbocycles. The molecule has 2 aromatic rings. The Morgan fingerprint density at radius 3 is 2.80 bits per heavy atom. The second-order valence-corrected chi connectivity index (χ2v) is 6.03. The topological polar surface area (TPSA) is 129 Å². The maximum Gasteiger partial charge on any atom is 0.284 e. The molecule has 1 heterocycles. The number of nitro groups is 1. The van der Waals surface area contributed by atoms with Gasteiger partial charge < -0.3 is 15.6 Å². The van der Waals surface area contributed by atoms with Gasteiger partial charge in [0.2, 0.25) is 0 Å². The number of nitrogens with zero attached hydrogens (tertiary/aromatic N) is 4. The Hall–Kier alpha value is -2.17. The predicted molar refractivity (Wildman–Crippen MR) is 96.1 cm³/mol. The van der Waals surface area contributed by atoms with Gasteiger partial charge in [0.25, 0.3) is 11.6 Å². The molecule has 1 aromatic heterocycles. The van der Waals surface area contributed by atoms with Crippen molar-refractivity contribution in [3.8, 4) is 0 Å². The molecule has 0 bridgehead atoms. The monoisotopic (exact) mass is 386 g/mol. The van der Waals surface area contributed by atoms with Crippen LogP contribution in [0.5, 0.6) is 0 Å². The lowest BCUT2D eigenvalue weighted by Crippen LogP contribution is -2.24. The molecule has 0 spiro atoms. The normalized spacial score (nSPS) is 10.2. The Kier molecular flexibility index (Phi) is 8.32. The molecule has 0 radical (unpaired) electrons. The molecule has 0 unspecified atom stereocenters. The highest BCUT2D eigenvalue weighted by molar-refractivity contribution is 7.99. The standard InChI is InChI=1S/C14H18N6O3S.ClH/c1-19-9-17-18-14(19)24-12-5-4-10(8-11(12)20(22)23)13(21)16-7-3-2-6-15;/h4-5,8-9H,2-3,6-7,15H2,1H3,(H,16,21);1H. The molecule has 0 atom stereocenters. The first-order valence-corrected chi connectivity index (χ1v) is 8.13. The van der Waals surface area contributed by atoms with Crippen LogP contribution in [0, 0.1) is 10.1 Å². The number of carbonyl (C=O) groups excluding carboxylic acids is 1. The first kappa shape index (κ1) is 20.9. The fraction of sp³-hybridized carbons (Fsp3) is 0.357. The molecule has 3 N–H and O–H groups in total. The molecular weight excluding hydrogens is 368 g/mol. The summed E-state index contributed by atoms with van der Waals surface area (Å²) >= 11 is 1.12. The van der Waals surface area contributed by atoms with E-state index in [4.69, 9.17) is 5.73 Å². The molecule has 11 heteroatoms. The summed E-state index contributed by atoms with van der Waals surface area (Å²) in [7, 11) is 1.75. The smallest absolute Gasteiger partial charge is 0.284 e. The molecular formula is C14H19ClN6O3S. The first-order chi connectivity index (χ1) is 11.5. The summed E-state index contributed by atoms with van der Waals surface area (Å²) in [6.07, 6.45) is 3.09. The third-order valence-corrected chi connectivity index (χ3v) is 4.32. The third-order valence-electron chi connectivity index (χ3n) is 3.21. The Balaban J connectivity index is 0.00000312. The molecule has 9 nitrogen and oxygen atoms in total. The van der Waals surface area contributed by atoms with Crippen molar-refractivity contribution in [2.24, 2.45) is 12.8 Å². The molecule has 2 rings (SSSR count). The predicted octanol–water partition coefficient (Wildman–Crippen LogP) is 1.76. The maximum atomic E-state index is 12.1. The first-order valence-electron chi connectivity index (χ1n) is 7.31.